The van der Waals surface area contributed by atoms with Crippen molar-refractivity contribution in [1.82, 2.24) is 5.32 Å². The molecule has 0 aromatic heterocycles. The number of benzene rings is 2. The van der Waals surface area contributed by atoms with Crippen molar-refractivity contribution in [2.45, 2.75) is 26.8 Å². The average molecular weight is 415 g/mol. The summed E-state index contributed by atoms with van der Waals surface area (Å²) >= 11 is 6.86. The van der Waals surface area contributed by atoms with Gasteiger partial charge in [-0.1, -0.05) is 50.9 Å². The van der Waals surface area contributed by atoms with Crippen LogP contribution in [0.2, 0.25) is 0 Å². The van der Waals surface area contributed by atoms with Gasteiger partial charge in [0.15, 0.2) is 0 Å². The summed E-state index contributed by atoms with van der Waals surface area (Å²) in [6, 6.07) is 9.29. The third-order valence-corrected chi connectivity index (χ3v) is 4.89. The summed E-state index contributed by atoms with van der Waals surface area (Å²) in [6.07, 6.45) is 0. The summed E-state index contributed by atoms with van der Waals surface area (Å²) in [4.78, 5) is 0. The molecule has 2 rings (SSSR count). The van der Waals surface area contributed by atoms with Crippen LogP contribution < -0.4 is 5.32 Å². The molecule has 21 heavy (non-hydrogen) atoms. The Hall–Kier alpha value is -0.710. The van der Waals surface area contributed by atoms with E-state index in [2.05, 4.69) is 56.2 Å². The number of rotatable bonds is 4. The fourth-order valence-electron chi connectivity index (χ4n) is 2.44. The smallest absolute Gasteiger partial charge is 0.129 e. The fourth-order valence-corrected chi connectivity index (χ4v) is 3.23. The molecule has 0 spiro atoms. The maximum atomic E-state index is 14.3. The lowest BCUT2D eigenvalue weighted by atomic mass is 9.93. The maximum Gasteiger partial charge on any atom is 0.129 e. The topological polar surface area (TPSA) is 12.0 Å². The minimum absolute atomic E-state index is 0.144. The largest absolute Gasteiger partial charge is 0.306 e. The fraction of sp³-hybridized carbons (Fsp3) is 0.294. The number of nitrogens with one attached hydrogen (secondary N) is 1. The van der Waals surface area contributed by atoms with Gasteiger partial charge in [-0.15, -0.1) is 0 Å². The molecule has 0 bridgehead atoms. The first-order chi connectivity index (χ1) is 9.93. The molecule has 0 aliphatic rings. The van der Waals surface area contributed by atoms with Gasteiger partial charge >= 0.3 is 0 Å². The summed E-state index contributed by atoms with van der Waals surface area (Å²) in [5.74, 6) is -0.199. The van der Waals surface area contributed by atoms with Gasteiger partial charge in [-0.25, -0.2) is 4.39 Å². The van der Waals surface area contributed by atoms with E-state index in [9.17, 15) is 4.39 Å². The number of hydrogen-bond acceptors (Lipinski definition) is 1. The monoisotopic (exact) mass is 413 g/mol. The minimum Gasteiger partial charge on any atom is -0.306 e. The lowest BCUT2D eigenvalue weighted by Crippen LogP contribution is -2.24. The quantitative estimate of drug-likeness (QED) is 0.679. The van der Waals surface area contributed by atoms with Crippen LogP contribution in [0.25, 0.3) is 0 Å². The van der Waals surface area contributed by atoms with Gasteiger partial charge in [0, 0.05) is 14.5 Å². The number of hydrogen-bond donors (Lipinski definition) is 1. The zero-order valence-electron chi connectivity index (χ0n) is 12.3. The van der Waals surface area contributed by atoms with Crippen molar-refractivity contribution in [3.63, 3.8) is 0 Å². The lowest BCUT2D eigenvalue weighted by Gasteiger charge is -2.22. The minimum atomic E-state index is -0.199. The van der Waals surface area contributed by atoms with Crippen molar-refractivity contribution in [2.24, 2.45) is 0 Å². The molecule has 0 saturated heterocycles. The molecule has 2 aromatic rings. The van der Waals surface area contributed by atoms with Gasteiger partial charge in [0.05, 0.1) is 6.04 Å². The highest BCUT2D eigenvalue weighted by Gasteiger charge is 2.19. The number of aryl methyl sites for hydroxylation is 2. The van der Waals surface area contributed by atoms with E-state index in [1.54, 1.807) is 0 Å². The van der Waals surface area contributed by atoms with Crippen LogP contribution in [0.3, 0.4) is 0 Å². The molecule has 0 aliphatic carbocycles. The molecular weight excluding hydrogens is 397 g/mol. The SMILES string of the molecule is CCNC(c1cc(C)c(Br)cc1C)c1ccc(Br)cc1F. The van der Waals surface area contributed by atoms with Crippen molar-refractivity contribution < 1.29 is 4.39 Å². The summed E-state index contributed by atoms with van der Waals surface area (Å²) in [5, 5.41) is 3.39. The second kappa shape index (κ2) is 7.03. The summed E-state index contributed by atoms with van der Waals surface area (Å²) < 4.78 is 16.2. The second-order valence-corrected chi connectivity index (χ2v) is 6.88. The molecule has 4 heteroatoms. The molecule has 1 nitrogen and oxygen atoms in total. The number of halogens is 3. The van der Waals surface area contributed by atoms with Crippen molar-refractivity contribution in [3.05, 3.63) is 67.3 Å². The van der Waals surface area contributed by atoms with E-state index in [-0.39, 0.29) is 11.9 Å². The molecule has 0 fully saturated rings. The Labute approximate surface area is 142 Å². The molecule has 112 valence electrons. The summed E-state index contributed by atoms with van der Waals surface area (Å²) in [7, 11) is 0. The van der Waals surface area contributed by atoms with Gasteiger partial charge in [0.2, 0.25) is 0 Å². The predicted octanol–water partition coefficient (Wildman–Crippen LogP) is 5.67. The highest BCUT2D eigenvalue weighted by Crippen LogP contribution is 2.31. The molecule has 1 N–H and O–H groups in total. The standard InChI is InChI=1S/C17H18Br2FN/c1-4-21-17(13-6-5-12(18)9-16(13)20)14-7-11(3)15(19)8-10(14)2/h5-9,17,21H,4H2,1-3H3. The van der Waals surface area contributed by atoms with Crippen LogP contribution in [0.15, 0.2) is 39.3 Å². The van der Waals surface area contributed by atoms with E-state index in [4.69, 9.17) is 0 Å². The van der Waals surface area contributed by atoms with E-state index >= 15 is 0 Å². The Bertz CT molecular complexity index is 655. The molecule has 0 aliphatic heterocycles. The normalized spacial score (nSPS) is 12.5. The predicted molar refractivity (Wildman–Crippen MR) is 93.2 cm³/mol. The van der Waals surface area contributed by atoms with E-state index in [0.29, 0.717) is 5.56 Å². The molecule has 1 atom stereocenters. The Morgan fingerprint density at radius 2 is 1.76 bits per heavy atom. The van der Waals surface area contributed by atoms with Crippen molar-refractivity contribution in [2.75, 3.05) is 6.54 Å². The summed E-state index contributed by atoms with van der Waals surface area (Å²) in [6.45, 7) is 6.91. The Morgan fingerprint density at radius 3 is 2.38 bits per heavy atom. The van der Waals surface area contributed by atoms with Gasteiger partial charge in [0.1, 0.15) is 5.82 Å². The van der Waals surface area contributed by atoms with Crippen LogP contribution in [-0.2, 0) is 0 Å². The molecule has 1 unspecified atom stereocenters. The molecule has 0 amide bonds. The van der Waals surface area contributed by atoms with Crippen LogP contribution in [0.5, 0.6) is 0 Å². The Kier molecular flexibility index (Phi) is 5.58. The lowest BCUT2D eigenvalue weighted by molar-refractivity contribution is 0.557. The average Bonchev–Trinajstić information content (AvgIpc) is 2.41. The van der Waals surface area contributed by atoms with Gasteiger partial charge < -0.3 is 5.32 Å². The van der Waals surface area contributed by atoms with Gasteiger partial charge in [0.25, 0.3) is 0 Å². The van der Waals surface area contributed by atoms with Gasteiger partial charge in [-0.3, -0.25) is 0 Å². The zero-order chi connectivity index (χ0) is 15.6. The third-order valence-electron chi connectivity index (χ3n) is 3.54. The van der Waals surface area contributed by atoms with Crippen molar-refractivity contribution in [3.8, 4) is 0 Å². The third kappa shape index (κ3) is 3.74. The van der Waals surface area contributed by atoms with E-state index in [0.717, 1.165) is 32.2 Å². The van der Waals surface area contributed by atoms with E-state index in [1.807, 2.05) is 26.0 Å². The highest BCUT2D eigenvalue weighted by atomic mass is 79.9. The summed E-state index contributed by atoms with van der Waals surface area (Å²) in [5.41, 5.74) is 4.07. The Balaban J connectivity index is 2.55. The molecule has 0 radical (unpaired) electrons. The van der Waals surface area contributed by atoms with Crippen molar-refractivity contribution in [1.29, 1.82) is 0 Å². The Morgan fingerprint density at radius 1 is 1.05 bits per heavy atom. The second-order valence-electron chi connectivity index (χ2n) is 5.11. The van der Waals surface area contributed by atoms with Crippen LogP contribution in [0.4, 0.5) is 4.39 Å². The first-order valence-corrected chi connectivity index (χ1v) is 8.47. The van der Waals surface area contributed by atoms with E-state index < -0.39 is 0 Å². The molecule has 0 heterocycles. The van der Waals surface area contributed by atoms with E-state index in [1.165, 1.54) is 6.07 Å². The maximum absolute atomic E-state index is 14.3. The van der Waals surface area contributed by atoms with Crippen LogP contribution in [-0.4, -0.2) is 6.54 Å². The van der Waals surface area contributed by atoms with Crippen LogP contribution in [0.1, 0.15) is 35.2 Å². The first kappa shape index (κ1) is 16.7. The first-order valence-electron chi connectivity index (χ1n) is 6.89. The van der Waals surface area contributed by atoms with Crippen LogP contribution >= 0.6 is 31.9 Å². The molecule has 0 saturated carbocycles. The van der Waals surface area contributed by atoms with Gasteiger partial charge in [-0.05, 0) is 55.3 Å². The van der Waals surface area contributed by atoms with Crippen LogP contribution in [0, 0.1) is 19.7 Å². The van der Waals surface area contributed by atoms with Gasteiger partial charge in [-0.2, -0.15) is 0 Å². The molecule has 2 aromatic carbocycles. The zero-order valence-corrected chi connectivity index (χ0v) is 15.5. The highest BCUT2D eigenvalue weighted by molar-refractivity contribution is 9.10. The van der Waals surface area contributed by atoms with Crippen molar-refractivity contribution >= 4 is 31.9 Å². The molecular formula is C17H18Br2FN.